The fourth-order valence-electron chi connectivity index (χ4n) is 2.18. The molecule has 0 bridgehead atoms. The van der Waals surface area contributed by atoms with E-state index in [4.69, 9.17) is 11.6 Å². The van der Waals surface area contributed by atoms with Gasteiger partial charge in [0.1, 0.15) is 5.69 Å². The number of hydrogen-bond acceptors (Lipinski definition) is 3. The summed E-state index contributed by atoms with van der Waals surface area (Å²) in [6.45, 7) is 4.69. The van der Waals surface area contributed by atoms with Crippen molar-refractivity contribution < 1.29 is 4.79 Å². The summed E-state index contributed by atoms with van der Waals surface area (Å²) in [5.41, 5.74) is 1.66. The van der Waals surface area contributed by atoms with Crippen LogP contribution in [0.25, 0.3) is 0 Å². The lowest BCUT2D eigenvalue weighted by Gasteiger charge is -2.27. The fraction of sp³-hybridized carbons (Fsp3) is 0.333. The van der Waals surface area contributed by atoms with Crippen LogP contribution in [0.3, 0.4) is 0 Å². The van der Waals surface area contributed by atoms with Gasteiger partial charge in [-0.25, -0.2) is 0 Å². The number of aromatic nitrogens is 1. The van der Waals surface area contributed by atoms with Gasteiger partial charge in [0.2, 0.25) is 0 Å². The van der Waals surface area contributed by atoms with Crippen LogP contribution in [0.2, 0.25) is 5.02 Å². The molecule has 0 spiro atoms. The Kier molecular flexibility index (Phi) is 5.15. The highest BCUT2D eigenvalue weighted by Crippen LogP contribution is 2.15. The maximum Gasteiger partial charge on any atom is 0.272 e. The van der Waals surface area contributed by atoms with Gasteiger partial charge in [-0.05, 0) is 54.8 Å². The number of likely N-dealkylation sites (N-methyl/N-ethyl adjacent to an activating group) is 1. The molecular weight excluding hydrogens is 292 g/mol. The Bertz CT molecular complexity index is 571. The van der Waals surface area contributed by atoms with Crippen molar-refractivity contribution in [3.05, 3.63) is 51.4 Å². The van der Waals surface area contributed by atoms with E-state index in [9.17, 15) is 4.79 Å². The van der Waals surface area contributed by atoms with Crippen LogP contribution in [0.4, 0.5) is 0 Å². The van der Waals surface area contributed by atoms with Gasteiger partial charge >= 0.3 is 0 Å². The third-order valence-corrected chi connectivity index (χ3v) is 4.15. The normalized spacial score (nSPS) is 12.2. The van der Waals surface area contributed by atoms with Crippen LogP contribution in [-0.2, 0) is 6.42 Å². The Hall–Kier alpha value is -1.39. The second kappa shape index (κ2) is 6.86. The summed E-state index contributed by atoms with van der Waals surface area (Å²) in [5.74, 6) is -0.0715. The van der Waals surface area contributed by atoms with Crippen molar-refractivity contribution in [2.24, 2.45) is 0 Å². The zero-order valence-corrected chi connectivity index (χ0v) is 13.1. The molecule has 0 unspecified atom stereocenters. The first-order chi connectivity index (χ1) is 9.61. The number of rotatable bonds is 5. The maximum absolute atomic E-state index is 12.5. The lowest BCUT2D eigenvalue weighted by molar-refractivity contribution is 0.0697. The van der Waals surface area contributed by atoms with E-state index in [0.29, 0.717) is 17.3 Å². The molecule has 0 saturated heterocycles. The summed E-state index contributed by atoms with van der Waals surface area (Å²) in [7, 11) is 0. The molecule has 20 heavy (non-hydrogen) atoms. The quantitative estimate of drug-likeness (QED) is 0.839. The zero-order valence-electron chi connectivity index (χ0n) is 11.5. The van der Waals surface area contributed by atoms with Gasteiger partial charge in [-0.2, -0.15) is 11.3 Å². The summed E-state index contributed by atoms with van der Waals surface area (Å²) in [4.78, 5) is 18.4. The summed E-state index contributed by atoms with van der Waals surface area (Å²) >= 11 is 7.60. The van der Waals surface area contributed by atoms with E-state index >= 15 is 0 Å². The number of thiophene rings is 1. The number of carbonyl (C=O) groups is 1. The van der Waals surface area contributed by atoms with Gasteiger partial charge in [-0.1, -0.05) is 11.6 Å². The molecule has 3 nitrogen and oxygen atoms in total. The molecule has 0 aromatic carbocycles. The molecule has 0 saturated carbocycles. The molecule has 0 N–H and O–H groups in total. The van der Waals surface area contributed by atoms with Gasteiger partial charge in [0, 0.05) is 23.8 Å². The minimum Gasteiger partial charge on any atom is -0.335 e. The van der Waals surface area contributed by atoms with Gasteiger partial charge in [-0.3, -0.25) is 9.78 Å². The summed E-state index contributed by atoms with van der Waals surface area (Å²) < 4.78 is 0. The lowest BCUT2D eigenvalue weighted by atomic mass is 10.1. The number of carbonyl (C=O) groups excluding carboxylic acids is 1. The van der Waals surface area contributed by atoms with Gasteiger partial charge < -0.3 is 4.90 Å². The SMILES string of the molecule is CCN(C(=O)c1cc(Cl)ccn1)[C@H](C)Cc1ccsc1. The second-order valence-electron chi connectivity index (χ2n) is 4.64. The van der Waals surface area contributed by atoms with Gasteiger partial charge in [0.25, 0.3) is 5.91 Å². The van der Waals surface area contributed by atoms with Crippen LogP contribution in [0.15, 0.2) is 35.2 Å². The molecule has 0 aliphatic rings. The first kappa shape index (κ1) is 15.0. The van der Waals surface area contributed by atoms with E-state index in [0.717, 1.165) is 6.42 Å². The van der Waals surface area contributed by atoms with Crippen LogP contribution in [0, 0.1) is 0 Å². The summed E-state index contributed by atoms with van der Waals surface area (Å²) in [6.07, 6.45) is 2.41. The van der Waals surface area contributed by atoms with E-state index in [-0.39, 0.29) is 11.9 Å². The Labute approximate surface area is 128 Å². The van der Waals surface area contributed by atoms with E-state index in [1.165, 1.54) is 5.56 Å². The van der Waals surface area contributed by atoms with E-state index in [2.05, 4.69) is 28.7 Å². The van der Waals surface area contributed by atoms with Crippen molar-refractivity contribution in [1.29, 1.82) is 0 Å². The van der Waals surface area contributed by atoms with Crippen LogP contribution < -0.4 is 0 Å². The number of hydrogen-bond donors (Lipinski definition) is 0. The Morgan fingerprint density at radius 3 is 2.90 bits per heavy atom. The molecule has 0 radical (unpaired) electrons. The van der Waals surface area contributed by atoms with Crippen molar-refractivity contribution in [2.75, 3.05) is 6.54 Å². The highest BCUT2D eigenvalue weighted by Gasteiger charge is 2.21. The molecule has 5 heteroatoms. The van der Waals surface area contributed by atoms with Crippen LogP contribution in [-0.4, -0.2) is 28.4 Å². The molecule has 0 aliphatic heterocycles. The number of halogens is 1. The first-order valence-electron chi connectivity index (χ1n) is 6.55. The maximum atomic E-state index is 12.5. The molecule has 2 rings (SSSR count). The molecule has 2 aromatic heterocycles. The fourth-order valence-corrected chi connectivity index (χ4v) is 3.03. The molecule has 2 aromatic rings. The van der Waals surface area contributed by atoms with Gasteiger partial charge in [0.15, 0.2) is 0 Å². The van der Waals surface area contributed by atoms with Crippen LogP contribution >= 0.6 is 22.9 Å². The average molecular weight is 309 g/mol. The van der Waals surface area contributed by atoms with Crippen LogP contribution in [0.5, 0.6) is 0 Å². The third-order valence-electron chi connectivity index (χ3n) is 3.19. The van der Waals surface area contributed by atoms with E-state index < -0.39 is 0 Å². The predicted octanol–water partition coefficient (Wildman–Crippen LogP) is 3.89. The summed E-state index contributed by atoms with van der Waals surface area (Å²) in [5, 5.41) is 4.70. The third kappa shape index (κ3) is 3.58. The van der Waals surface area contributed by atoms with Gasteiger partial charge in [-0.15, -0.1) is 0 Å². The molecule has 106 valence electrons. The largest absolute Gasteiger partial charge is 0.335 e. The monoisotopic (exact) mass is 308 g/mol. The smallest absolute Gasteiger partial charge is 0.272 e. The van der Waals surface area contributed by atoms with Crippen molar-refractivity contribution in [3.63, 3.8) is 0 Å². The molecular formula is C15H17ClN2OS. The van der Waals surface area contributed by atoms with Crippen molar-refractivity contribution in [2.45, 2.75) is 26.3 Å². The molecule has 0 fully saturated rings. The minimum atomic E-state index is -0.0715. The number of pyridine rings is 1. The minimum absolute atomic E-state index is 0.0715. The van der Waals surface area contributed by atoms with Crippen LogP contribution in [0.1, 0.15) is 29.9 Å². The number of amides is 1. The van der Waals surface area contributed by atoms with Crippen molar-refractivity contribution >= 4 is 28.8 Å². The predicted molar refractivity (Wildman–Crippen MR) is 83.4 cm³/mol. The molecule has 2 heterocycles. The first-order valence-corrected chi connectivity index (χ1v) is 7.87. The topological polar surface area (TPSA) is 33.2 Å². The Morgan fingerprint density at radius 1 is 1.50 bits per heavy atom. The van der Waals surface area contributed by atoms with Crippen molar-refractivity contribution in [1.82, 2.24) is 9.88 Å². The van der Waals surface area contributed by atoms with Gasteiger partial charge in [0.05, 0.1) is 0 Å². The standard InChI is InChI=1S/C15H17ClN2OS/c1-3-18(11(2)8-12-5-7-20-10-12)15(19)14-9-13(16)4-6-17-14/h4-7,9-11H,3,8H2,1-2H3/t11-/m1/s1. The Balaban J connectivity index is 2.12. The highest BCUT2D eigenvalue weighted by atomic mass is 35.5. The van der Waals surface area contributed by atoms with E-state index in [1.54, 1.807) is 29.7 Å². The lowest BCUT2D eigenvalue weighted by Crippen LogP contribution is -2.40. The second-order valence-corrected chi connectivity index (χ2v) is 5.85. The molecule has 1 atom stereocenters. The Morgan fingerprint density at radius 2 is 2.30 bits per heavy atom. The van der Waals surface area contributed by atoms with Crippen molar-refractivity contribution in [3.8, 4) is 0 Å². The highest BCUT2D eigenvalue weighted by molar-refractivity contribution is 7.07. The van der Waals surface area contributed by atoms with E-state index in [1.807, 2.05) is 11.8 Å². The molecule has 0 aliphatic carbocycles. The zero-order chi connectivity index (χ0) is 14.5. The number of nitrogens with zero attached hydrogens (tertiary/aromatic N) is 2. The summed E-state index contributed by atoms with van der Waals surface area (Å²) in [6, 6.07) is 5.51. The average Bonchev–Trinajstić information content (AvgIpc) is 2.92. The molecule has 1 amide bonds.